The Hall–Kier alpha value is -3.56. The highest BCUT2D eigenvalue weighted by atomic mass is 16.4. The van der Waals surface area contributed by atoms with Crippen molar-refractivity contribution >= 4 is 23.4 Å². The number of aryl methyl sites for hydroxylation is 2. The maximum atomic E-state index is 13.6. The number of hydrogen-bond donors (Lipinski definition) is 5. The van der Waals surface area contributed by atoms with Crippen LogP contribution in [-0.2, 0) is 32.0 Å². The number of carboxylic acids is 1. The predicted octanol–water partition coefficient (Wildman–Crippen LogP) is 2.74. The van der Waals surface area contributed by atoms with Crippen LogP contribution in [0.3, 0.4) is 0 Å². The Morgan fingerprint density at radius 2 is 1.56 bits per heavy atom. The van der Waals surface area contributed by atoms with Gasteiger partial charge in [0, 0.05) is 12.8 Å². The third-order valence-corrected chi connectivity index (χ3v) is 7.20. The summed E-state index contributed by atoms with van der Waals surface area (Å²) in [6.07, 6.45) is 0.792. The summed E-state index contributed by atoms with van der Waals surface area (Å²) in [5, 5.41) is 22.8. The van der Waals surface area contributed by atoms with Crippen LogP contribution in [0.25, 0.3) is 0 Å². The van der Waals surface area contributed by atoms with Crippen LogP contribution in [0, 0.1) is 19.3 Å². The molecule has 9 nitrogen and oxygen atoms in total. The predicted molar refractivity (Wildman–Crippen MR) is 149 cm³/mol. The molecule has 2 rings (SSSR count). The minimum absolute atomic E-state index is 0.114. The number of phenols is 1. The minimum Gasteiger partial charge on any atom is -0.508 e. The van der Waals surface area contributed by atoms with Crippen molar-refractivity contribution in [2.45, 2.75) is 77.8 Å². The normalized spacial score (nSPS) is 14.2. The maximum Gasteiger partial charge on any atom is 0.310 e. The van der Waals surface area contributed by atoms with Gasteiger partial charge in [-0.25, -0.2) is 0 Å². The summed E-state index contributed by atoms with van der Waals surface area (Å²) in [5.41, 5.74) is 13.2. The summed E-state index contributed by atoms with van der Waals surface area (Å²) in [5.74, 6) is -2.60. The maximum absolute atomic E-state index is 13.6. The number of carbonyl (C=O) groups is 4. The molecule has 0 aliphatic rings. The molecule has 2 aromatic carbocycles. The van der Waals surface area contributed by atoms with E-state index in [2.05, 4.69) is 5.32 Å². The molecular formula is C30H41N3O6. The van der Waals surface area contributed by atoms with Crippen molar-refractivity contribution in [1.29, 1.82) is 0 Å². The molecule has 0 aliphatic carbocycles. The quantitative estimate of drug-likeness (QED) is 0.216. The van der Waals surface area contributed by atoms with Crippen LogP contribution in [0.1, 0.15) is 61.3 Å². The standard InChI is InChI=1S/C30H41N3O6/c1-4-5-11-30(29(38)39,16-26(35)24(32)15-23-19(2)12-22(34)13-20(23)3)17-27(36)25(33-28(37)18-31)14-21-9-7-6-8-10-21/h6-10,12-13,24-25,34H,4-5,11,14-18,31-32H2,1-3H3,(H,33,37)(H,38,39)/t24-,25-,30?/m0/s1. The van der Waals surface area contributed by atoms with Crippen LogP contribution in [0.5, 0.6) is 5.75 Å². The van der Waals surface area contributed by atoms with E-state index < -0.39 is 53.8 Å². The van der Waals surface area contributed by atoms with E-state index in [4.69, 9.17) is 11.5 Å². The van der Waals surface area contributed by atoms with Gasteiger partial charge in [-0.3, -0.25) is 19.2 Å². The van der Waals surface area contributed by atoms with Crippen LogP contribution >= 0.6 is 0 Å². The molecule has 0 bridgehead atoms. The summed E-state index contributed by atoms with van der Waals surface area (Å²) in [6, 6.07) is 10.3. The number of aromatic hydroxyl groups is 1. The van der Waals surface area contributed by atoms with Crippen LogP contribution in [0.15, 0.2) is 42.5 Å². The molecule has 1 amide bonds. The summed E-state index contributed by atoms with van der Waals surface area (Å²) >= 11 is 0. The number of carbonyl (C=O) groups excluding carboxylic acids is 3. The lowest BCUT2D eigenvalue weighted by atomic mass is 9.72. The molecule has 9 heteroatoms. The highest BCUT2D eigenvalue weighted by Gasteiger charge is 2.44. The van der Waals surface area contributed by atoms with E-state index in [1.807, 2.05) is 51.1 Å². The lowest BCUT2D eigenvalue weighted by Crippen LogP contribution is -2.48. The zero-order chi connectivity index (χ0) is 29.2. The third-order valence-electron chi connectivity index (χ3n) is 7.20. The number of phenolic OH excluding ortho intramolecular Hbond substituents is 1. The molecular weight excluding hydrogens is 498 g/mol. The summed E-state index contributed by atoms with van der Waals surface area (Å²) < 4.78 is 0. The molecule has 212 valence electrons. The van der Waals surface area contributed by atoms with Gasteiger partial charge >= 0.3 is 5.97 Å². The van der Waals surface area contributed by atoms with Crippen molar-refractivity contribution in [3.05, 3.63) is 64.7 Å². The highest BCUT2D eigenvalue weighted by molar-refractivity contribution is 5.96. The monoisotopic (exact) mass is 539 g/mol. The molecule has 2 aromatic rings. The molecule has 0 radical (unpaired) electrons. The number of carboxylic acid groups (broad SMARTS) is 1. The van der Waals surface area contributed by atoms with Gasteiger partial charge in [0.1, 0.15) is 5.75 Å². The number of Topliss-reactive ketones (excluding diaryl/α,β-unsaturated/α-hetero) is 2. The van der Waals surface area contributed by atoms with Gasteiger partial charge in [-0.15, -0.1) is 0 Å². The van der Waals surface area contributed by atoms with E-state index >= 15 is 0 Å². The number of amides is 1. The average Bonchev–Trinajstić information content (AvgIpc) is 2.88. The molecule has 0 fully saturated rings. The molecule has 1 unspecified atom stereocenters. The Morgan fingerprint density at radius 3 is 2.10 bits per heavy atom. The van der Waals surface area contributed by atoms with E-state index in [9.17, 15) is 29.4 Å². The molecule has 0 heterocycles. The van der Waals surface area contributed by atoms with E-state index in [0.717, 1.165) is 22.3 Å². The first-order chi connectivity index (χ1) is 18.4. The first-order valence-electron chi connectivity index (χ1n) is 13.3. The molecule has 0 aromatic heterocycles. The summed E-state index contributed by atoms with van der Waals surface area (Å²) in [6.45, 7) is 5.20. The molecule has 0 saturated carbocycles. The minimum atomic E-state index is -1.66. The molecule has 3 atom stereocenters. The fourth-order valence-corrected chi connectivity index (χ4v) is 4.91. The van der Waals surface area contributed by atoms with Crippen molar-refractivity contribution in [3.63, 3.8) is 0 Å². The van der Waals surface area contributed by atoms with Crippen molar-refractivity contribution < 1.29 is 29.4 Å². The van der Waals surface area contributed by atoms with Gasteiger partial charge in [-0.2, -0.15) is 0 Å². The SMILES string of the molecule is CCCCC(CC(=O)[C@H](Cc1ccccc1)NC(=O)CN)(CC(=O)[C@@H](N)Cc1c(C)cc(O)cc1C)C(=O)O. The number of nitrogens with one attached hydrogen (secondary N) is 1. The van der Waals surface area contributed by atoms with Gasteiger partial charge in [0.05, 0.1) is 24.0 Å². The van der Waals surface area contributed by atoms with Gasteiger partial charge in [0.2, 0.25) is 5.91 Å². The summed E-state index contributed by atoms with van der Waals surface area (Å²) in [7, 11) is 0. The average molecular weight is 540 g/mol. The van der Waals surface area contributed by atoms with E-state index in [-0.39, 0.29) is 31.6 Å². The first kappa shape index (κ1) is 31.7. The zero-order valence-corrected chi connectivity index (χ0v) is 23.0. The van der Waals surface area contributed by atoms with Crippen LogP contribution in [0.4, 0.5) is 0 Å². The number of nitrogens with two attached hydrogens (primary N) is 2. The molecule has 0 aliphatic heterocycles. The Balaban J connectivity index is 2.33. The lowest BCUT2D eigenvalue weighted by molar-refractivity contribution is -0.155. The smallest absolute Gasteiger partial charge is 0.310 e. The van der Waals surface area contributed by atoms with E-state index in [1.165, 1.54) is 0 Å². The summed E-state index contributed by atoms with van der Waals surface area (Å²) in [4.78, 5) is 51.7. The van der Waals surface area contributed by atoms with Crippen LogP contribution in [-0.4, -0.2) is 52.3 Å². The number of hydrogen-bond acceptors (Lipinski definition) is 7. The molecule has 0 spiro atoms. The second kappa shape index (κ2) is 14.6. The topological polar surface area (TPSA) is 173 Å². The molecule has 39 heavy (non-hydrogen) atoms. The Morgan fingerprint density at radius 1 is 0.974 bits per heavy atom. The van der Waals surface area contributed by atoms with Gasteiger partial charge in [-0.1, -0.05) is 50.1 Å². The molecule has 0 saturated heterocycles. The zero-order valence-electron chi connectivity index (χ0n) is 23.0. The second-order valence-corrected chi connectivity index (χ2v) is 10.4. The fraction of sp³-hybridized carbons (Fsp3) is 0.467. The van der Waals surface area contributed by atoms with Gasteiger partial charge < -0.3 is 27.0 Å². The van der Waals surface area contributed by atoms with Crippen molar-refractivity contribution in [2.75, 3.05) is 6.54 Å². The van der Waals surface area contributed by atoms with Crippen molar-refractivity contribution in [3.8, 4) is 5.75 Å². The van der Waals surface area contributed by atoms with Crippen LogP contribution in [0.2, 0.25) is 0 Å². The molecule has 7 N–H and O–H groups in total. The number of unbranched alkanes of at least 4 members (excludes halogenated alkanes) is 1. The van der Waals surface area contributed by atoms with E-state index in [1.54, 1.807) is 12.1 Å². The largest absolute Gasteiger partial charge is 0.508 e. The van der Waals surface area contributed by atoms with Gasteiger partial charge in [0.25, 0.3) is 0 Å². The van der Waals surface area contributed by atoms with Crippen LogP contribution < -0.4 is 16.8 Å². The second-order valence-electron chi connectivity index (χ2n) is 10.4. The number of ketones is 2. The van der Waals surface area contributed by atoms with Gasteiger partial charge in [-0.05, 0) is 67.5 Å². The number of rotatable bonds is 16. The highest BCUT2D eigenvalue weighted by Crippen LogP contribution is 2.36. The van der Waals surface area contributed by atoms with Crippen molar-refractivity contribution in [2.24, 2.45) is 16.9 Å². The Bertz CT molecular complexity index is 1140. The lowest BCUT2D eigenvalue weighted by Gasteiger charge is -2.31. The third kappa shape index (κ3) is 9.01. The number of aliphatic carboxylic acids is 1. The Kier molecular flexibility index (Phi) is 11.8. The fourth-order valence-electron chi connectivity index (χ4n) is 4.91. The van der Waals surface area contributed by atoms with Crippen molar-refractivity contribution in [1.82, 2.24) is 5.32 Å². The first-order valence-corrected chi connectivity index (χ1v) is 13.3. The number of benzene rings is 2. The van der Waals surface area contributed by atoms with E-state index in [0.29, 0.717) is 12.8 Å². The van der Waals surface area contributed by atoms with Gasteiger partial charge in [0.15, 0.2) is 11.6 Å². The Labute approximate surface area is 230 Å².